The van der Waals surface area contributed by atoms with Crippen molar-refractivity contribution in [3.63, 3.8) is 0 Å². The van der Waals surface area contributed by atoms with Gasteiger partial charge in [0, 0.05) is 41.2 Å². The number of amides is 1. The predicted octanol–water partition coefficient (Wildman–Crippen LogP) is 5.48. The number of aliphatic hydroxyl groups is 1. The smallest absolute Gasteiger partial charge is 0.417 e. The van der Waals surface area contributed by atoms with E-state index in [9.17, 15) is 27.5 Å². The van der Waals surface area contributed by atoms with Crippen molar-refractivity contribution in [1.82, 2.24) is 4.98 Å². The maximum Gasteiger partial charge on any atom is 0.417 e. The molecule has 9 heteroatoms. The molecule has 0 aliphatic carbocycles. The number of hydrogen-bond acceptors (Lipinski definition) is 3. The van der Waals surface area contributed by atoms with E-state index >= 15 is 0 Å². The Kier molecular flexibility index (Phi) is 6.48. The van der Waals surface area contributed by atoms with Crippen LogP contribution in [0.1, 0.15) is 38.4 Å². The molecule has 5 nitrogen and oxygen atoms in total. The summed E-state index contributed by atoms with van der Waals surface area (Å²) in [6, 6.07) is 10.0. The molecular formula is C24H26F4N2O3. The van der Waals surface area contributed by atoms with Crippen molar-refractivity contribution in [2.45, 2.75) is 50.8 Å². The van der Waals surface area contributed by atoms with Gasteiger partial charge in [-0.05, 0) is 54.3 Å². The number of methoxy groups -OCH3 is 1. The first-order valence-electron chi connectivity index (χ1n) is 10.3. The van der Waals surface area contributed by atoms with Crippen molar-refractivity contribution in [1.29, 1.82) is 0 Å². The summed E-state index contributed by atoms with van der Waals surface area (Å²) in [5, 5.41) is 14.1. The number of aromatic nitrogens is 1. The molecule has 0 fully saturated rings. The van der Waals surface area contributed by atoms with Crippen LogP contribution in [0.5, 0.6) is 5.75 Å². The zero-order valence-corrected chi connectivity index (χ0v) is 18.7. The molecule has 1 atom stereocenters. The zero-order chi connectivity index (χ0) is 24.6. The van der Waals surface area contributed by atoms with E-state index in [4.69, 9.17) is 4.74 Å². The number of carbonyl (C=O) groups excluding carboxylic acids is 1. The molecule has 0 saturated heterocycles. The van der Waals surface area contributed by atoms with E-state index < -0.39 is 35.9 Å². The lowest BCUT2D eigenvalue weighted by atomic mass is 9.73. The first-order chi connectivity index (χ1) is 15.2. The number of ether oxygens (including phenoxy) is 1. The number of carbonyl (C=O) groups is 1. The van der Waals surface area contributed by atoms with Crippen molar-refractivity contribution < 1.29 is 32.2 Å². The standard InChI is InChI=1S/C24H26F4N2O3/c1-14(31)29-17-6-7-20-15(9-17)10-18(30-20)12-23(32,24(26,27)28)13-22(2,3)19-11-16(25)5-8-21(19)33-4/h5-11,30,32H,12-13H2,1-4H3,(H,29,31). The maximum atomic E-state index is 14.1. The topological polar surface area (TPSA) is 74.3 Å². The van der Waals surface area contributed by atoms with Crippen LogP contribution in [0.3, 0.4) is 0 Å². The molecule has 0 aliphatic rings. The van der Waals surface area contributed by atoms with Crippen LogP contribution in [0.4, 0.5) is 23.2 Å². The fourth-order valence-electron chi connectivity index (χ4n) is 4.18. The number of H-pyrrole nitrogens is 1. The van der Waals surface area contributed by atoms with Gasteiger partial charge in [0.15, 0.2) is 5.60 Å². The van der Waals surface area contributed by atoms with Gasteiger partial charge in [0.25, 0.3) is 0 Å². The Bertz CT molecular complexity index is 1170. The number of alkyl halides is 3. The van der Waals surface area contributed by atoms with Crippen molar-refractivity contribution in [2.75, 3.05) is 12.4 Å². The Balaban J connectivity index is 1.97. The minimum absolute atomic E-state index is 0.173. The summed E-state index contributed by atoms with van der Waals surface area (Å²) >= 11 is 0. The summed E-state index contributed by atoms with van der Waals surface area (Å²) < 4.78 is 61.5. The number of nitrogens with one attached hydrogen (secondary N) is 2. The molecule has 3 aromatic rings. The summed E-state index contributed by atoms with van der Waals surface area (Å²) in [7, 11) is 1.35. The van der Waals surface area contributed by atoms with E-state index in [-0.39, 0.29) is 22.9 Å². The fourth-order valence-corrected chi connectivity index (χ4v) is 4.18. The monoisotopic (exact) mass is 466 g/mol. The average Bonchev–Trinajstić information content (AvgIpc) is 3.07. The molecule has 0 saturated carbocycles. The lowest BCUT2D eigenvalue weighted by Gasteiger charge is -2.38. The Labute approximate surface area is 188 Å². The van der Waals surface area contributed by atoms with Gasteiger partial charge in [-0.3, -0.25) is 4.79 Å². The van der Waals surface area contributed by atoms with Gasteiger partial charge >= 0.3 is 6.18 Å². The number of rotatable bonds is 7. The summed E-state index contributed by atoms with van der Waals surface area (Å²) in [6.07, 6.45) is -6.42. The molecule has 1 unspecified atom stereocenters. The van der Waals surface area contributed by atoms with E-state index in [0.29, 0.717) is 16.6 Å². The minimum atomic E-state index is -4.95. The molecule has 0 aliphatic heterocycles. The van der Waals surface area contributed by atoms with Gasteiger partial charge in [0.1, 0.15) is 11.6 Å². The van der Waals surface area contributed by atoms with Crippen LogP contribution >= 0.6 is 0 Å². The number of benzene rings is 2. The van der Waals surface area contributed by atoms with Gasteiger partial charge in [-0.15, -0.1) is 0 Å². The zero-order valence-electron chi connectivity index (χ0n) is 18.7. The molecule has 178 valence electrons. The van der Waals surface area contributed by atoms with Crippen LogP contribution in [-0.4, -0.2) is 34.9 Å². The van der Waals surface area contributed by atoms with E-state index in [1.165, 1.54) is 40.0 Å². The first-order valence-corrected chi connectivity index (χ1v) is 10.3. The van der Waals surface area contributed by atoms with Gasteiger partial charge in [0.05, 0.1) is 7.11 Å². The predicted molar refractivity (Wildman–Crippen MR) is 118 cm³/mol. The van der Waals surface area contributed by atoms with Crippen molar-refractivity contribution in [2.24, 2.45) is 0 Å². The quantitative estimate of drug-likeness (QED) is 0.404. The van der Waals surface area contributed by atoms with Gasteiger partial charge in [-0.1, -0.05) is 13.8 Å². The molecule has 0 spiro atoms. The van der Waals surface area contributed by atoms with E-state index in [1.807, 2.05) is 0 Å². The Morgan fingerprint density at radius 3 is 2.42 bits per heavy atom. The largest absolute Gasteiger partial charge is 0.496 e. The second-order valence-corrected chi connectivity index (χ2v) is 8.89. The van der Waals surface area contributed by atoms with Crippen LogP contribution in [0.2, 0.25) is 0 Å². The Hall–Kier alpha value is -3.07. The number of halogens is 4. The molecule has 1 aromatic heterocycles. The fraction of sp³-hybridized carbons (Fsp3) is 0.375. The SMILES string of the molecule is COc1ccc(F)cc1C(C)(C)CC(O)(Cc1cc2cc(NC(C)=O)ccc2[nH]1)C(F)(F)F. The van der Waals surface area contributed by atoms with E-state index in [1.54, 1.807) is 18.2 Å². The molecule has 1 amide bonds. The highest BCUT2D eigenvalue weighted by atomic mass is 19.4. The molecule has 0 radical (unpaired) electrons. The third-order valence-corrected chi connectivity index (χ3v) is 5.63. The summed E-state index contributed by atoms with van der Waals surface area (Å²) in [5.74, 6) is -0.645. The van der Waals surface area contributed by atoms with E-state index in [2.05, 4.69) is 10.3 Å². The van der Waals surface area contributed by atoms with Crippen LogP contribution in [-0.2, 0) is 16.6 Å². The molecule has 3 N–H and O–H groups in total. The highest BCUT2D eigenvalue weighted by molar-refractivity contribution is 5.92. The second-order valence-electron chi connectivity index (χ2n) is 8.89. The van der Waals surface area contributed by atoms with Gasteiger partial charge in [0.2, 0.25) is 5.91 Å². The summed E-state index contributed by atoms with van der Waals surface area (Å²) in [4.78, 5) is 14.2. The molecule has 1 heterocycles. The minimum Gasteiger partial charge on any atom is -0.496 e. The third kappa shape index (κ3) is 5.30. The average molecular weight is 466 g/mol. The van der Waals surface area contributed by atoms with Crippen LogP contribution in [0.25, 0.3) is 10.9 Å². The lowest BCUT2D eigenvalue weighted by molar-refractivity contribution is -0.266. The molecule has 2 aromatic carbocycles. The van der Waals surface area contributed by atoms with Crippen molar-refractivity contribution in [3.05, 3.63) is 59.5 Å². The van der Waals surface area contributed by atoms with Crippen LogP contribution in [0, 0.1) is 5.82 Å². The van der Waals surface area contributed by atoms with Crippen LogP contribution < -0.4 is 10.1 Å². The molecule has 0 bridgehead atoms. The van der Waals surface area contributed by atoms with Gasteiger partial charge < -0.3 is 20.1 Å². The first kappa shape index (κ1) is 24.6. The lowest BCUT2D eigenvalue weighted by Crippen LogP contribution is -2.51. The van der Waals surface area contributed by atoms with Crippen molar-refractivity contribution in [3.8, 4) is 5.75 Å². The van der Waals surface area contributed by atoms with Crippen LogP contribution in [0.15, 0.2) is 42.5 Å². The number of aromatic amines is 1. The summed E-state index contributed by atoms with van der Waals surface area (Å²) in [5.41, 5.74) is -2.91. The highest BCUT2D eigenvalue weighted by Crippen LogP contribution is 2.45. The second kappa shape index (κ2) is 8.70. The Morgan fingerprint density at radius 2 is 1.82 bits per heavy atom. The molecule has 3 rings (SSSR count). The Morgan fingerprint density at radius 1 is 1.12 bits per heavy atom. The number of fused-ring (bicyclic) bond motifs is 1. The van der Waals surface area contributed by atoms with Gasteiger partial charge in [-0.2, -0.15) is 13.2 Å². The molecule has 33 heavy (non-hydrogen) atoms. The normalized spacial score (nSPS) is 14.2. The van der Waals surface area contributed by atoms with Gasteiger partial charge in [-0.25, -0.2) is 4.39 Å². The van der Waals surface area contributed by atoms with Crippen molar-refractivity contribution >= 4 is 22.5 Å². The molecular weight excluding hydrogens is 440 g/mol. The number of anilines is 1. The third-order valence-electron chi connectivity index (χ3n) is 5.63. The highest BCUT2D eigenvalue weighted by Gasteiger charge is 2.56. The number of hydrogen-bond donors (Lipinski definition) is 3. The van der Waals surface area contributed by atoms with E-state index in [0.717, 1.165) is 12.1 Å². The summed E-state index contributed by atoms with van der Waals surface area (Å²) in [6.45, 7) is 4.36. The maximum absolute atomic E-state index is 14.1.